The number of aryl methyl sites for hydroxylation is 1. The van der Waals surface area contributed by atoms with Crippen LogP contribution in [0.5, 0.6) is 0 Å². The number of pyridine rings is 2. The van der Waals surface area contributed by atoms with E-state index in [0.29, 0.717) is 28.1 Å². The van der Waals surface area contributed by atoms with Gasteiger partial charge in [-0.15, -0.1) is 0 Å². The van der Waals surface area contributed by atoms with Gasteiger partial charge in [-0.2, -0.15) is 0 Å². The molecule has 0 aliphatic heterocycles. The van der Waals surface area contributed by atoms with Crippen molar-refractivity contribution in [1.82, 2.24) is 9.55 Å². The van der Waals surface area contributed by atoms with Gasteiger partial charge in [0.05, 0.1) is 11.5 Å². The number of fused-ring (bicyclic) bond motifs is 1. The summed E-state index contributed by atoms with van der Waals surface area (Å²) in [6.45, 7) is 3.54. The summed E-state index contributed by atoms with van der Waals surface area (Å²) in [6, 6.07) is 13.2. The zero-order valence-electron chi connectivity index (χ0n) is 16.0. The lowest BCUT2D eigenvalue weighted by Crippen LogP contribution is -2.16. The standard InChI is InChI=1S/C23H23N3O2/c1-15-19(16(2)27)13-20-21(28)14-22(25-17-9-5-3-6-10-17)26(23(20)24-15)18-11-7-4-8-12-18/h4-5,7-14,16,25,27H,3,6H2,1-2H3. The van der Waals surface area contributed by atoms with E-state index >= 15 is 0 Å². The summed E-state index contributed by atoms with van der Waals surface area (Å²) >= 11 is 0. The summed E-state index contributed by atoms with van der Waals surface area (Å²) in [5.41, 5.74) is 3.70. The van der Waals surface area contributed by atoms with Crippen LogP contribution in [0.3, 0.4) is 0 Å². The lowest BCUT2D eigenvalue weighted by molar-refractivity contribution is 0.198. The molecule has 3 aromatic rings. The van der Waals surface area contributed by atoms with Gasteiger partial charge in [0.1, 0.15) is 11.5 Å². The third-order valence-corrected chi connectivity index (χ3v) is 4.95. The second kappa shape index (κ2) is 7.44. The van der Waals surface area contributed by atoms with Crippen molar-refractivity contribution >= 4 is 16.9 Å². The van der Waals surface area contributed by atoms with E-state index in [-0.39, 0.29) is 5.43 Å². The second-order valence-electron chi connectivity index (χ2n) is 7.04. The van der Waals surface area contributed by atoms with Gasteiger partial charge in [-0.1, -0.05) is 30.4 Å². The molecule has 0 amide bonds. The fourth-order valence-corrected chi connectivity index (χ4v) is 3.55. The minimum absolute atomic E-state index is 0.125. The third-order valence-electron chi connectivity index (χ3n) is 4.95. The van der Waals surface area contributed by atoms with Gasteiger partial charge in [-0.3, -0.25) is 9.36 Å². The van der Waals surface area contributed by atoms with Crippen LogP contribution in [0, 0.1) is 6.92 Å². The van der Waals surface area contributed by atoms with Gasteiger partial charge in [0.15, 0.2) is 5.43 Å². The molecular formula is C23H23N3O2. The van der Waals surface area contributed by atoms with Crippen LogP contribution >= 0.6 is 0 Å². The van der Waals surface area contributed by atoms with Crippen LogP contribution < -0.4 is 10.7 Å². The second-order valence-corrected chi connectivity index (χ2v) is 7.04. The molecule has 0 bridgehead atoms. The van der Waals surface area contributed by atoms with Gasteiger partial charge >= 0.3 is 0 Å². The number of rotatable bonds is 4. The maximum Gasteiger partial charge on any atom is 0.193 e. The molecule has 1 aliphatic rings. The van der Waals surface area contributed by atoms with Crippen LogP contribution in [0.25, 0.3) is 16.7 Å². The van der Waals surface area contributed by atoms with E-state index in [1.54, 1.807) is 19.1 Å². The summed E-state index contributed by atoms with van der Waals surface area (Å²) < 4.78 is 1.96. The van der Waals surface area contributed by atoms with E-state index in [1.165, 1.54) is 0 Å². The monoisotopic (exact) mass is 373 g/mol. The van der Waals surface area contributed by atoms with Crippen molar-refractivity contribution in [3.8, 4) is 5.69 Å². The van der Waals surface area contributed by atoms with E-state index in [4.69, 9.17) is 4.98 Å². The van der Waals surface area contributed by atoms with Crippen molar-refractivity contribution in [2.24, 2.45) is 0 Å². The molecule has 142 valence electrons. The van der Waals surface area contributed by atoms with Gasteiger partial charge in [0.2, 0.25) is 0 Å². The van der Waals surface area contributed by atoms with Crippen LogP contribution in [-0.2, 0) is 0 Å². The maximum absolute atomic E-state index is 12.9. The highest BCUT2D eigenvalue weighted by atomic mass is 16.3. The highest BCUT2D eigenvalue weighted by molar-refractivity contribution is 5.81. The Morgan fingerprint density at radius 2 is 1.96 bits per heavy atom. The van der Waals surface area contributed by atoms with E-state index < -0.39 is 6.10 Å². The van der Waals surface area contributed by atoms with Crippen LogP contribution in [0.2, 0.25) is 0 Å². The van der Waals surface area contributed by atoms with Crippen molar-refractivity contribution in [1.29, 1.82) is 0 Å². The first-order valence-electron chi connectivity index (χ1n) is 9.49. The molecule has 0 radical (unpaired) electrons. The van der Waals surface area contributed by atoms with Crippen molar-refractivity contribution < 1.29 is 5.11 Å². The molecule has 1 aliphatic carbocycles. The van der Waals surface area contributed by atoms with Gasteiger partial charge in [-0.25, -0.2) is 4.98 Å². The minimum Gasteiger partial charge on any atom is -0.389 e. The number of aromatic nitrogens is 2. The average Bonchev–Trinajstić information content (AvgIpc) is 2.69. The molecule has 5 nitrogen and oxygen atoms in total. The van der Waals surface area contributed by atoms with Gasteiger partial charge in [-0.05, 0) is 51.0 Å². The number of hydrogen-bond donors (Lipinski definition) is 2. The summed E-state index contributed by atoms with van der Waals surface area (Å²) in [5.74, 6) is 0.665. The van der Waals surface area contributed by atoms with Crippen LogP contribution in [0.1, 0.15) is 37.1 Å². The zero-order valence-corrected chi connectivity index (χ0v) is 16.0. The number of aliphatic hydroxyl groups excluding tert-OH is 1. The largest absolute Gasteiger partial charge is 0.389 e. The highest BCUT2D eigenvalue weighted by Gasteiger charge is 2.16. The molecule has 5 heteroatoms. The van der Waals surface area contributed by atoms with E-state index in [9.17, 15) is 9.90 Å². The van der Waals surface area contributed by atoms with E-state index in [1.807, 2.05) is 47.9 Å². The Kier molecular flexibility index (Phi) is 4.84. The number of allylic oxidation sites excluding steroid dienone is 3. The zero-order chi connectivity index (χ0) is 19.7. The Morgan fingerprint density at radius 1 is 1.18 bits per heavy atom. The van der Waals surface area contributed by atoms with Crippen LogP contribution in [-0.4, -0.2) is 14.7 Å². The first kappa shape index (κ1) is 18.2. The molecule has 2 heterocycles. The highest BCUT2D eigenvalue weighted by Crippen LogP contribution is 2.26. The molecule has 0 saturated heterocycles. The first-order valence-corrected chi connectivity index (χ1v) is 9.49. The van der Waals surface area contributed by atoms with Crippen LogP contribution in [0.4, 0.5) is 5.82 Å². The number of para-hydroxylation sites is 1. The molecule has 4 rings (SSSR count). The lowest BCUT2D eigenvalue weighted by atomic mass is 10.1. The smallest absolute Gasteiger partial charge is 0.193 e. The Morgan fingerprint density at radius 3 is 2.64 bits per heavy atom. The predicted molar refractivity (Wildman–Crippen MR) is 113 cm³/mol. The molecule has 1 aromatic carbocycles. The maximum atomic E-state index is 12.9. The molecule has 2 aromatic heterocycles. The molecule has 0 spiro atoms. The molecule has 1 atom stereocenters. The van der Waals surface area contributed by atoms with Gasteiger partial charge in [0.25, 0.3) is 0 Å². The number of aliphatic hydroxyl groups is 1. The van der Waals surface area contributed by atoms with E-state index in [0.717, 1.165) is 24.2 Å². The topological polar surface area (TPSA) is 67.2 Å². The third kappa shape index (κ3) is 3.37. The summed E-state index contributed by atoms with van der Waals surface area (Å²) in [4.78, 5) is 17.6. The van der Waals surface area contributed by atoms with E-state index in [2.05, 4.69) is 17.5 Å². The quantitative estimate of drug-likeness (QED) is 0.712. The SMILES string of the molecule is Cc1nc2c(cc1C(C)O)c(=O)cc(NC1=CCCC=C1)n2-c1ccccc1. The fraction of sp³-hybridized carbons (Fsp3) is 0.217. The number of anilines is 1. The molecular weight excluding hydrogens is 350 g/mol. The Hall–Kier alpha value is -3.18. The predicted octanol–water partition coefficient (Wildman–Crippen LogP) is 4.39. The Bertz CT molecular complexity index is 1140. The van der Waals surface area contributed by atoms with Crippen LogP contribution in [0.15, 0.2) is 71.2 Å². The first-order chi connectivity index (χ1) is 13.5. The van der Waals surface area contributed by atoms with Crippen molar-refractivity contribution in [3.05, 3.63) is 87.9 Å². The Balaban J connectivity index is 2.00. The summed E-state index contributed by atoms with van der Waals surface area (Å²) in [7, 11) is 0. The molecule has 0 saturated carbocycles. The fourth-order valence-electron chi connectivity index (χ4n) is 3.55. The van der Waals surface area contributed by atoms with Crippen molar-refractivity contribution in [2.45, 2.75) is 32.8 Å². The molecule has 28 heavy (non-hydrogen) atoms. The summed E-state index contributed by atoms with van der Waals surface area (Å²) in [5, 5.41) is 13.9. The molecule has 1 unspecified atom stereocenters. The lowest BCUT2D eigenvalue weighted by Gasteiger charge is -2.20. The van der Waals surface area contributed by atoms with Gasteiger partial charge in [0, 0.05) is 28.7 Å². The van der Waals surface area contributed by atoms with Gasteiger partial charge < -0.3 is 10.4 Å². The molecule has 0 fully saturated rings. The average molecular weight is 373 g/mol. The normalized spacial score (nSPS) is 14.8. The Labute approximate surface area is 163 Å². The number of nitrogens with zero attached hydrogens (tertiary/aromatic N) is 2. The number of benzene rings is 1. The number of hydrogen-bond acceptors (Lipinski definition) is 4. The summed E-state index contributed by atoms with van der Waals surface area (Å²) in [6.07, 6.45) is 7.58. The van der Waals surface area contributed by atoms with Crippen molar-refractivity contribution in [3.63, 3.8) is 0 Å². The number of nitrogens with one attached hydrogen (secondary N) is 1. The van der Waals surface area contributed by atoms with Crippen molar-refractivity contribution in [2.75, 3.05) is 5.32 Å². The molecule has 2 N–H and O–H groups in total. The minimum atomic E-state index is -0.684.